The summed E-state index contributed by atoms with van der Waals surface area (Å²) in [5.41, 5.74) is 2.99. The van der Waals surface area contributed by atoms with Crippen molar-refractivity contribution in [1.29, 1.82) is 0 Å². The van der Waals surface area contributed by atoms with Crippen molar-refractivity contribution in [3.05, 3.63) is 47.5 Å². The van der Waals surface area contributed by atoms with Gasteiger partial charge in [0.25, 0.3) is 0 Å². The summed E-state index contributed by atoms with van der Waals surface area (Å²) in [6.45, 7) is 8.35. The molecule has 0 saturated carbocycles. The maximum absolute atomic E-state index is 10.8. The second-order valence-corrected chi connectivity index (χ2v) is 5.49. The SMILES string of the molecule is CCC(C)(C)c1ccc(CCC=CC(C)=O)cc1. The first kappa shape index (κ1) is 14.7. The van der Waals surface area contributed by atoms with Crippen molar-refractivity contribution in [3.8, 4) is 0 Å². The molecule has 1 aromatic rings. The fourth-order valence-corrected chi connectivity index (χ4v) is 1.83. The summed E-state index contributed by atoms with van der Waals surface area (Å²) >= 11 is 0. The van der Waals surface area contributed by atoms with E-state index >= 15 is 0 Å². The molecule has 1 rings (SSSR count). The Bertz CT molecular complexity index is 410. The number of ketones is 1. The third-order valence-electron chi connectivity index (χ3n) is 3.57. The molecule has 0 radical (unpaired) electrons. The van der Waals surface area contributed by atoms with Gasteiger partial charge in [-0.1, -0.05) is 51.1 Å². The fourth-order valence-electron chi connectivity index (χ4n) is 1.83. The second-order valence-electron chi connectivity index (χ2n) is 5.49. The van der Waals surface area contributed by atoms with E-state index in [1.165, 1.54) is 11.1 Å². The quantitative estimate of drug-likeness (QED) is 0.676. The number of carbonyl (C=O) groups excluding carboxylic acids is 1. The minimum absolute atomic E-state index is 0.120. The van der Waals surface area contributed by atoms with Crippen LogP contribution in [-0.2, 0) is 16.6 Å². The predicted octanol–water partition coefficient (Wildman–Crippen LogP) is 4.45. The highest BCUT2D eigenvalue weighted by atomic mass is 16.1. The lowest BCUT2D eigenvalue weighted by Gasteiger charge is -2.23. The predicted molar refractivity (Wildman–Crippen MR) is 77.9 cm³/mol. The van der Waals surface area contributed by atoms with Crippen LogP contribution in [0.1, 0.15) is 51.7 Å². The molecule has 0 saturated heterocycles. The molecule has 0 aromatic heterocycles. The monoisotopic (exact) mass is 244 g/mol. The maximum atomic E-state index is 10.8. The summed E-state index contributed by atoms with van der Waals surface area (Å²) in [4.78, 5) is 10.8. The molecule has 0 fully saturated rings. The normalized spacial score (nSPS) is 12.0. The van der Waals surface area contributed by atoms with Crippen molar-refractivity contribution in [3.63, 3.8) is 0 Å². The number of rotatable bonds is 6. The third kappa shape index (κ3) is 4.48. The Morgan fingerprint density at radius 1 is 1.22 bits per heavy atom. The molecule has 1 nitrogen and oxygen atoms in total. The van der Waals surface area contributed by atoms with Gasteiger partial charge < -0.3 is 0 Å². The van der Waals surface area contributed by atoms with Gasteiger partial charge in [-0.05, 0) is 48.8 Å². The fraction of sp³-hybridized carbons (Fsp3) is 0.471. The minimum Gasteiger partial charge on any atom is -0.295 e. The summed E-state index contributed by atoms with van der Waals surface area (Å²) < 4.78 is 0. The van der Waals surface area contributed by atoms with Crippen LogP contribution in [0.25, 0.3) is 0 Å². The first-order valence-corrected chi connectivity index (χ1v) is 6.72. The Labute approximate surface area is 111 Å². The molecular formula is C17H24O. The molecule has 0 aliphatic heterocycles. The van der Waals surface area contributed by atoms with E-state index in [1.54, 1.807) is 13.0 Å². The van der Waals surface area contributed by atoms with Gasteiger partial charge in [0, 0.05) is 0 Å². The van der Waals surface area contributed by atoms with Crippen molar-refractivity contribution in [2.24, 2.45) is 0 Å². The van der Waals surface area contributed by atoms with Gasteiger partial charge >= 0.3 is 0 Å². The zero-order chi connectivity index (χ0) is 13.6. The van der Waals surface area contributed by atoms with Crippen LogP contribution in [0.4, 0.5) is 0 Å². The average Bonchev–Trinajstić information content (AvgIpc) is 2.35. The van der Waals surface area contributed by atoms with Crippen LogP contribution in [0, 0.1) is 0 Å². The highest BCUT2D eigenvalue weighted by Gasteiger charge is 2.17. The van der Waals surface area contributed by atoms with Crippen molar-refractivity contribution in [2.45, 2.75) is 52.4 Å². The Morgan fingerprint density at radius 2 is 1.83 bits per heavy atom. The maximum Gasteiger partial charge on any atom is 0.152 e. The summed E-state index contributed by atoms with van der Waals surface area (Å²) in [6, 6.07) is 8.86. The van der Waals surface area contributed by atoms with Crippen LogP contribution < -0.4 is 0 Å². The van der Waals surface area contributed by atoms with E-state index in [1.807, 2.05) is 6.08 Å². The molecule has 0 unspecified atom stereocenters. The van der Waals surface area contributed by atoms with Crippen molar-refractivity contribution in [1.82, 2.24) is 0 Å². The molecule has 0 atom stereocenters. The first-order chi connectivity index (χ1) is 8.45. The van der Waals surface area contributed by atoms with Gasteiger partial charge in [-0.15, -0.1) is 0 Å². The van der Waals surface area contributed by atoms with Gasteiger partial charge in [0.1, 0.15) is 0 Å². The minimum atomic E-state index is 0.120. The number of hydrogen-bond donors (Lipinski definition) is 0. The molecule has 0 heterocycles. The second kappa shape index (κ2) is 6.53. The lowest BCUT2D eigenvalue weighted by Crippen LogP contribution is -2.15. The molecule has 1 aromatic carbocycles. The first-order valence-electron chi connectivity index (χ1n) is 6.72. The number of carbonyl (C=O) groups is 1. The zero-order valence-electron chi connectivity index (χ0n) is 12.0. The van der Waals surface area contributed by atoms with E-state index in [-0.39, 0.29) is 11.2 Å². The van der Waals surface area contributed by atoms with E-state index in [0.717, 1.165) is 19.3 Å². The lowest BCUT2D eigenvalue weighted by molar-refractivity contribution is -0.112. The highest BCUT2D eigenvalue weighted by molar-refractivity contribution is 5.87. The van der Waals surface area contributed by atoms with Gasteiger partial charge in [0.2, 0.25) is 0 Å². The molecule has 98 valence electrons. The smallest absolute Gasteiger partial charge is 0.152 e. The number of benzene rings is 1. The van der Waals surface area contributed by atoms with E-state index < -0.39 is 0 Å². The molecule has 0 amide bonds. The Morgan fingerprint density at radius 3 is 2.33 bits per heavy atom. The van der Waals surface area contributed by atoms with Crippen LogP contribution in [0.5, 0.6) is 0 Å². The molecule has 18 heavy (non-hydrogen) atoms. The van der Waals surface area contributed by atoms with Gasteiger partial charge in [-0.2, -0.15) is 0 Å². The molecule has 0 spiro atoms. The van der Waals surface area contributed by atoms with Crippen LogP contribution in [0.2, 0.25) is 0 Å². The molecular weight excluding hydrogens is 220 g/mol. The van der Waals surface area contributed by atoms with Gasteiger partial charge in [-0.25, -0.2) is 0 Å². The lowest BCUT2D eigenvalue weighted by atomic mass is 9.82. The van der Waals surface area contributed by atoms with Gasteiger partial charge in [0.15, 0.2) is 5.78 Å². The Kier molecular flexibility index (Phi) is 5.33. The highest BCUT2D eigenvalue weighted by Crippen LogP contribution is 2.26. The molecule has 0 aliphatic rings. The summed E-state index contributed by atoms with van der Waals surface area (Å²) in [6.07, 6.45) is 6.67. The van der Waals surface area contributed by atoms with Crippen molar-refractivity contribution < 1.29 is 4.79 Å². The van der Waals surface area contributed by atoms with E-state index in [2.05, 4.69) is 45.0 Å². The Hall–Kier alpha value is -1.37. The number of aryl methyl sites for hydroxylation is 1. The Balaban J connectivity index is 2.58. The van der Waals surface area contributed by atoms with Crippen LogP contribution in [-0.4, -0.2) is 5.78 Å². The van der Waals surface area contributed by atoms with E-state index in [0.29, 0.717) is 0 Å². The van der Waals surface area contributed by atoms with E-state index in [9.17, 15) is 4.79 Å². The molecule has 0 N–H and O–H groups in total. The zero-order valence-corrected chi connectivity index (χ0v) is 12.0. The summed E-state index contributed by atoms with van der Waals surface area (Å²) in [5, 5.41) is 0. The number of allylic oxidation sites excluding steroid dienone is 2. The topological polar surface area (TPSA) is 17.1 Å². The summed E-state index contributed by atoms with van der Waals surface area (Å²) in [5.74, 6) is 0.120. The number of hydrogen-bond acceptors (Lipinski definition) is 1. The van der Waals surface area contributed by atoms with Crippen molar-refractivity contribution in [2.75, 3.05) is 0 Å². The van der Waals surface area contributed by atoms with Gasteiger partial charge in [-0.3, -0.25) is 4.79 Å². The van der Waals surface area contributed by atoms with Crippen LogP contribution in [0.15, 0.2) is 36.4 Å². The van der Waals surface area contributed by atoms with Crippen LogP contribution >= 0.6 is 0 Å². The van der Waals surface area contributed by atoms with Crippen molar-refractivity contribution >= 4 is 5.78 Å². The van der Waals surface area contributed by atoms with E-state index in [4.69, 9.17) is 0 Å². The van der Waals surface area contributed by atoms with Crippen LogP contribution in [0.3, 0.4) is 0 Å². The molecule has 0 aliphatic carbocycles. The largest absolute Gasteiger partial charge is 0.295 e. The molecule has 1 heteroatoms. The standard InChI is InChI=1S/C17H24O/c1-5-17(3,4)16-12-10-15(11-13-16)9-7-6-8-14(2)18/h6,8,10-13H,5,7,9H2,1-4H3. The summed E-state index contributed by atoms with van der Waals surface area (Å²) in [7, 11) is 0. The molecule has 0 bridgehead atoms. The average molecular weight is 244 g/mol. The third-order valence-corrected chi connectivity index (χ3v) is 3.57. The van der Waals surface area contributed by atoms with Gasteiger partial charge in [0.05, 0.1) is 0 Å².